The second kappa shape index (κ2) is 4.07. The van der Waals surface area contributed by atoms with Crippen molar-refractivity contribution in [1.29, 1.82) is 0 Å². The van der Waals surface area contributed by atoms with Gasteiger partial charge in [-0.1, -0.05) is 55.2 Å². The summed E-state index contributed by atoms with van der Waals surface area (Å²) in [5, 5.41) is 5.83. The third-order valence-electron chi connectivity index (χ3n) is 2.58. The molecular formula is C12H13Cl2N. The molecule has 1 aliphatic rings. The lowest BCUT2D eigenvalue weighted by atomic mass is 9.98. The Hall–Kier alpha value is -0.660. The summed E-state index contributed by atoms with van der Waals surface area (Å²) >= 11 is 12.2. The van der Waals surface area contributed by atoms with Crippen molar-refractivity contribution >= 4 is 34.4 Å². The van der Waals surface area contributed by atoms with Gasteiger partial charge < -0.3 is 5.32 Å². The molecule has 1 N–H and O–H groups in total. The summed E-state index contributed by atoms with van der Waals surface area (Å²) in [5.74, 6) is 0.475. The van der Waals surface area contributed by atoms with Crippen LogP contribution in [-0.4, -0.2) is 5.50 Å². The minimum atomic E-state index is -0.218. The fourth-order valence-electron chi connectivity index (χ4n) is 1.85. The first kappa shape index (κ1) is 10.8. The van der Waals surface area contributed by atoms with E-state index in [0.717, 1.165) is 10.4 Å². The van der Waals surface area contributed by atoms with E-state index in [9.17, 15) is 0 Å². The topological polar surface area (TPSA) is 12.0 Å². The molecule has 0 spiro atoms. The Labute approximate surface area is 99.4 Å². The van der Waals surface area contributed by atoms with E-state index in [4.69, 9.17) is 23.2 Å². The van der Waals surface area contributed by atoms with Gasteiger partial charge in [-0.25, -0.2) is 0 Å². The monoisotopic (exact) mass is 241 g/mol. The second-order valence-corrected chi connectivity index (χ2v) is 4.84. The van der Waals surface area contributed by atoms with Gasteiger partial charge >= 0.3 is 0 Å². The molecule has 80 valence electrons. The molecule has 15 heavy (non-hydrogen) atoms. The molecule has 1 atom stereocenters. The maximum atomic E-state index is 6.12. The maximum absolute atomic E-state index is 6.12. The number of halogens is 2. The first-order valence-electron chi connectivity index (χ1n) is 5.01. The van der Waals surface area contributed by atoms with Crippen molar-refractivity contribution in [1.82, 2.24) is 5.32 Å². The predicted molar refractivity (Wildman–Crippen MR) is 66.3 cm³/mol. The lowest BCUT2D eigenvalue weighted by Crippen LogP contribution is -2.41. The highest BCUT2D eigenvalue weighted by Gasteiger charge is 2.11. The van der Waals surface area contributed by atoms with E-state index < -0.39 is 0 Å². The summed E-state index contributed by atoms with van der Waals surface area (Å²) in [6.45, 7) is 4.34. The van der Waals surface area contributed by atoms with Crippen molar-refractivity contribution in [2.75, 3.05) is 0 Å². The van der Waals surface area contributed by atoms with Crippen LogP contribution >= 0.6 is 23.2 Å². The number of fused-ring (bicyclic) bond motifs is 1. The van der Waals surface area contributed by atoms with Crippen LogP contribution in [0.5, 0.6) is 0 Å². The molecule has 1 heterocycles. The molecular weight excluding hydrogens is 229 g/mol. The average molecular weight is 242 g/mol. The van der Waals surface area contributed by atoms with Gasteiger partial charge in [-0.3, -0.25) is 0 Å². The van der Waals surface area contributed by atoms with Gasteiger partial charge in [0.1, 0.15) is 10.7 Å². The first-order chi connectivity index (χ1) is 7.09. The zero-order chi connectivity index (χ0) is 11.0. The minimum Gasteiger partial charge on any atom is -0.356 e. The van der Waals surface area contributed by atoms with Gasteiger partial charge in [0.15, 0.2) is 0 Å². The fourth-order valence-corrected chi connectivity index (χ4v) is 2.42. The minimum absolute atomic E-state index is 0.218. The third kappa shape index (κ3) is 1.99. The van der Waals surface area contributed by atoms with Gasteiger partial charge in [-0.05, 0) is 22.8 Å². The maximum Gasteiger partial charge on any atom is 0.122 e. The van der Waals surface area contributed by atoms with Crippen LogP contribution in [0.4, 0.5) is 0 Å². The van der Waals surface area contributed by atoms with Crippen LogP contribution in [-0.2, 0) is 0 Å². The molecule has 0 fully saturated rings. The van der Waals surface area contributed by atoms with Crippen molar-refractivity contribution in [2.24, 2.45) is 0 Å². The van der Waals surface area contributed by atoms with Crippen molar-refractivity contribution in [3.8, 4) is 0 Å². The zero-order valence-electron chi connectivity index (χ0n) is 8.72. The Morgan fingerprint density at radius 2 is 2.07 bits per heavy atom. The molecule has 1 aromatic carbocycles. The smallest absolute Gasteiger partial charge is 0.122 e. The number of alkyl halides is 1. The lowest BCUT2D eigenvalue weighted by molar-refractivity contribution is 0.849. The van der Waals surface area contributed by atoms with E-state index in [-0.39, 0.29) is 5.50 Å². The van der Waals surface area contributed by atoms with Crippen LogP contribution in [0.1, 0.15) is 25.3 Å². The number of benzene rings is 1. The molecule has 0 bridgehead atoms. The van der Waals surface area contributed by atoms with Gasteiger partial charge in [0, 0.05) is 5.22 Å². The number of hydrogen-bond donors (Lipinski definition) is 1. The lowest BCUT2D eigenvalue weighted by Gasteiger charge is -2.16. The normalized spacial score (nSPS) is 19.5. The molecule has 0 aromatic heterocycles. The SMILES string of the molecule is CC(C)c1cccc2c1=CC(Cl)NC=2Cl. The molecule has 3 heteroatoms. The molecule has 0 aliphatic carbocycles. The number of rotatable bonds is 1. The largest absolute Gasteiger partial charge is 0.356 e. The van der Waals surface area contributed by atoms with Crippen molar-refractivity contribution < 1.29 is 0 Å². The quantitative estimate of drug-likeness (QED) is 0.587. The highest BCUT2D eigenvalue weighted by Crippen LogP contribution is 2.11. The van der Waals surface area contributed by atoms with E-state index in [1.165, 1.54) is 5.56 Å². The Morgan fingerprint density at radius 3 is 2.73 bits per heavy atom. The van der Waals surface area contributed by atoms with Crippen LogP contribution in [0.15, 0.2) is 18.2 Å². The molecule has 1 aliphatic heterocycles. The highest BCUT2D eigenvalue weighted by atomic mass is 35.5. The predicted octanol–water partition coefficient (Wildman–Crippen LogP) is 2.06. The summed E-state index contributed by atoms with van der Waals surface area (Å²) in [6, 6.07) is 6.16. The Kier molecular flexibility index (Phi) is 2.94. The third-order valence-corrected chi connectivity index (χ3v) is 3.12. The van der Waals surface area contributed by atoms with Crippen LogP contribution in [0.2, 0.25) is 0 Å². The summed E-state index contributed by atoms with van der Waals surface area (Å²) in [4.78, 5) is 0. The van der Waals surface area contributed by atoms with E-state index >= 15 is 0 Å². The van der Waals surface area contributed by atoms with Crippen LogP contribution in [0.25, 0.3) is 11.2 Å². The van der Waals surface area contributed by atoms with Gasteiger partial charge in [0.05, 0.1) is 0 Å². The Balaban J connectivity index is 2.81. The van der Waals surface area contributed by atoms with E-state index in [1.54, 1.807) is 0 Å². The van der Waals surface area contributed by atoms with Gasteiger partial charge in [-0.2, -0.15) is 0 Å². The highest BCUT2D eigenvalue weighted by molar-refractivity contribution is 6.45. The van der Waals surface area contributed by atoms with Gasteiger partial charge in [0.25, 0.3) is 0 Å². The molecule has 1 nitrogen and oxygen atoms in total. The number of hydrogen-bond acceptors (Lipinski definition) is 1. The molecule has 0 amide bonds. The summed E-state index contributed by atoms with van der Waals surface area (Å²) in [7, 11) is 0. The first-order valence-corrected chi connectivity index (χ1v) is 5.82. The summed E-state index contributed by atoms with van der Waals surface area (Å²) in [5.41, 5.74) is 1.07. The molecule has 2 rings (SSSR count). The van der Waals surface area contributed by atoms with E-state index in [2.05, 4.69) is 25.2 Å². The van der Waals surface area contributed by atoms with Crippen LogP contribution in [0.3, 0.4) is 0 Å². The second-order valence-electron chi connectivity index (χ2n) is 3.99. The Bertz CT molecular complexity index is 491. The van der Waals surface area contributed by atoms with Crippen LogP contribution < -0.4 is 15.8 Å². The van der Waals surface area contributed by atoms with Crippen molar-refractivity contribution in [3.63, 3.8) is 0 Å². The van der Waals surface area contributed by atoms with Gasteiger partial charge in [0.2, 0.25) is 0 Å². The molecule has 1 aromatic rings. The van der Waals surface area contributed by atoms with Crippen LogP contribution in [0, 0.1) is 0 Å². The Morgan fingerprint density at radius 1 is 1.33 bits per heavy atom. The standard InChI is InChI=1S/C12H13Cl2N/c1-7(2)8-4-3-5-9-10(8)6-11(13)15-12(9)14/h3-7,11,15H,1-2H3. The summed E-state index contributed by atoms with van der Waals surface area (Å²) < 4.78 is 0. The molecule has 0 saturated carbocycles. The number of nitrogens with one attached hydrogen (secondary N) is 1. The summed E-state index contributed by atoms with van der Waals surface area (Å²) in [6.07, 6.45) is 2.01. The average Bonchev–Trinajstić information content (AvgIpc) is 2.16. The zero-order valence-corrected chi connectivity index (χ0v) is 10.2. The molecule has 0 radical (unpaired) electrons. The molecule has 1 unspecified atom stereocenters. The van der Waals surface area contributed by atoms with Crippen molar-refractivity contribution in [3.05, 3.63) is 34.2 Å². The molecule has 0 saturated heterocycles. The van der Waals surface area contributed by atoms with Crippen molar-refractivity contribution in [2.45, 2.75) is 25.3 Å². The van der Waals surface area contributed by atoms with E-state index in [0.29, 0.717) is 11.1 Å². The fraction of sp³-hybridized carbons (Fsp3) is 0.333. The van der Waals surface area contributed by atoms with Gasteiger partial charge in [-0.15, -0.1) is 0 Å². The van der Waals surface area contributed by atoms with E-state index in [1.807, 2.05) is 18.2 Å².